The molecule has 0 radical (unpaired) electrons. The fraction of sp³-hybridized carbons (Fsp3) is 0.0909. The molecule has 5 heteroatoms. The van der Waals surface area contributed by atoms with Crippen molar-refractivity contribution in [3.8, 4) is 5.75 Å². The van der Waals surface area contributed by atoms with Gasteiger partial charge in [0.05, 0.1) is 24.3 Å². The van der Waals surface area contributed by atoms with Crippen LogP contribution in [0.2, 0.25) is 0 Å². The van der Waals surface area contributed by atoms with Crippen molar-refractivity contribution in [1.29, 1.82) is 0 Å². The third kappa shape index (κ3) is 1.63. The van der Waals surface area contributed by atoms with Crippen LogP contribution in [0.3, 0.4) is 0 Å². The van der Waals surface area contributed by atoms with Gasteiger partial charge in [0.25, 0.3) is 0 Å². The molecule has 0 bridgehead atoms. The lowest BCUT2D eigenvalue weighted by atomic mass is 10.2. The van der Waals surface area contributed by atoms with Crippen molar-refractivity contribution in [3.05, 3.63) is 40.2 Å². The van der Waals surface area contributed by atoms with Crippen molar-refractivity contribution in [2.45, 2.75) is 0 Å². The minimum Gasteiger partial charge on any atom is -0.497 e. The molecular formula is C11H9NO4. The number of rotatable bonds is 2. The molecule has 0 atom stereocenters. The zero-order chi connectivity index (χ0) is 11.5. The van der Waals surface area contributed by atoms with Crippen molar-refractivity contribution < 1.29 is 14.4 Å². The molecule has 16 heavy (non-hydrogen) atoms. The maximum Gasteiger partial charge on any atom is 0.201 e. The highest BCUT2D eigenvalue weighted by Crippen LogP contribution is 2.18. The van der Waals surface area contributed by atoms with Crippen LogP contribution in [0.4, 0.5) is 0 Å². The predicted octanol–water partition coefficient (Wildman–Crippen LogP) is 1.61. The molecule has 0 fully saturated rings. The average molecular weight is 219 g/mol. The summed E-state index contributed by atoms with van der Waals surface area (Å²) in [6.45, 7) is 0. The summed E-state index contributed by atoms with van der Waals surface area (Å²) in [6.07, 6.45) is 2.28. The van der Waals surface area contributed by atoms with E-state index in [1.54, 1.807) is 18.2 Å². The molecule has 0 spiro atoms. The summed E-state index contributed by atoms with van der Waals surface area (Å²) in [7, 11) is 1.52. The topological polar surface area (TPSA) is 72.0 Å². The zero-order valence-electron chi connectivity index (χ0n) is 8.51. The fourth-order valence-corrected chi connectivity index (χ4v) is 1.40. The molecule has 1 N–H and O–H groups in total. The van der Waals surface area contributed by atoms with Crippen LogP contribution in [0.25, 0.3) is 11.0 Å². The van der Waals surface area contributed by atoms with E-state index in [0.717, 1.165) is 6.21 Å². The van der Waals surface area contributed by atoms with Gasteiger partial charge in [0.15, 0.2) is 0 Å². The molecule has 1 aromatic carbocycles. The second-order valence-corrected chi connectivity index (χ2v) is 3.13. The Bertz CT molecular complexity index is 600. The van der Waals surface area contributed by atoms with E-state index in [0.29, 0.717) is 16.7 Å². The van der Waals surface area contributed by atoms with E-state index in [1.807, 2.05) is 0 Å². The van der Waals surface area contributed by atoms with E-state index in [9.17, 15) is 4.79 Å². The van der Waals surface area contributed by atoms with Gasteiger partial charge in [0.1, 0.15) is 17.6 Å². The van der Waals surface area contributed by atoms with Crippen molar-refractivity contribution in [3.63, 3.8) is 0 Å². The molecule has 1 heterocycles. The number of hydrogen-bond donors (Lipinski definition) is 1. The maximum absolute atomic E-state index is 11.9. The molecule has 0 saturated carbocycles. The van der Waals surface area contributed by atoms with Gasteiger partial charge in [-0.15, -0.1) is 0 Å². The van der Waals surface area contributed by atoms with Crippen LogP contribution in [0.5, 0.6) is 5.75 Å². The van der Waals surface area contributed by atoms with E-state index in [-0.39, 0.29) is 11.0 Å². The largest absolute Gasteiger partial charge is 0.497 e. The first-order chi connectivity index (χ1) is 7.76. The lowest BCUT2D eigenvalue weighted by Gasteiger charge is -2.01. The summed E-state index contributed by atoms with van der Waals surface area (Å²) < 4.78 is 10.2. The Morgan fingerprint density at radius 1 is 1.50 bits per heavy atom. The lowest BCUT2D eigenvalue weighted by Crippen LogP contribution is -2.07. The van der Waals surface area contributed by atoms with E-state index in [4.69, 9.17) is 14.4 Å². The molecule has 0 aliphatic carbocycles. The van der Waals surface area contributed by atoms with Crippen LogP contribution in [-0.4, -0.2) is 18.5 Å². The summed E-state index contributed by atoms with van der Waals surface area (Å²) in [5.41, 5.74) is 0.377. The van der Waals surface area contributed by atoms with E-state index in [2.05, 4.69) is 5.16 Å². The first-order valence-corrected chi connectivity index (χ1v) is 4.53. The molecule has 5 nitrogen and oxygen atoms in total. The number of fused-ring (bicyclic) bond motifs is 1. The van der Waals surface area contributed by atoms with E-state index >= 15 is 0 Å². The molecule has 0 unspecified atom stereocenters. The third-order valence-corrected chi connectivity index (χ3v) is 2.20. The summed E-state index contributed by atoms with van der Waals surface area (Å²) in [4.78, 5) is 11.9. The average Bonchev–Trinajstić information content (AvgIpc) is 2.33. The maximum atomic E-state index is 11.9. The van der Waals surface area contributed by atoms with Crippen molar-refractivity contribution >= 4 is 17.2 Å². The monoisotopic (exact) mass is 219 g/mol. The highest BCUT2D eigenvalue weighted by Gasteiger charge is 2.06. The van der Waals surface area contributed by atoms with Gasteiger partial charge in [0, 0.05) is 0 Å². The van der Waals surface area contributed by atoms with Crippen molar-refractivity contribution in [2.75, 3.05) is 7.11 Å². The molecule has 2 aromatic rings. The van der Waals surface area contributed by atoms with Gasteiger partial charge < -0.3 is 14.4 Å². The second kappa shape index (κ2) is 4.06. The summed E-state index contributed by atoms with van der Waals surface area (Å²) >= 11 is 0. The Labute approximate surface area is 90.6 Å². The number of hydrogen-bond acceptors (Lipinski definition) is 5. The van der Waals surface area contributed by atoms with Gasteiger partial charge in [-0.1, -0.05) is 5.16 Å². The Kier molecular flexibility index (Phi) is 2.59. The normalized spacial score (nSPS) is 11.1. The standard InChI is InChI=1S/C11H9NO4/c1-15-8-2-3-10-9(4-8)11(13)7(5-12-14)6-16-10/h2-6,14H,1H3. The molecule has 0 aliphatic heterocycles. The number of methoxy groups -OCH3 is 1. The first-order valence-electron chi connectivity index (χ1n) is 4.53. The van der Waals surface area contributed by atoms with Gasteiger partial charge in [-0.2, -0.15) is 0 Å². The van der Waals surface area contributed by atoms with Crippen LogP contribution in [0.15, 0.2) is 38.8 Å². The molecule has 1 aromatic heterocycles. The quantitative estimate of drug-likeness (QED) is 0.473. The number of oxime groups is 1. The van der Waals surface area contributed by atoms with Crippen molar-refractivity contribution in [2.24, 2.45) is 5.16 Å². The van der Waals surface area contributed by atoms with Gasteiger partial charge in [-0.25, -0.2) is 0 Å². The highest BCUT2D eigenvalue weighted by atomic mass is 16.5. The lowest BCUT2D eigenvalue weighted by molar-refractivity contribution is 0.321. The molecule has 82 valence electrons. The van der Waals surface area contributed by atoms with Gasteiger partial charge in [-0.3, -0.25) is 4.79 Å². The molecule has 0 amide bonds. The minimum atomic E-state index is -0.266. The third-order valence-electron chi connectivity index (χ3n) is 2.20. The number of nitrogens with zero attached hydrogens (tertiary/aromatic N) is 1. The Hall–Kier alpha value is -2.30. The smallest absolute Gasteiger partial charge is 0.201 e. The van der Waals surface area contributed by atoms with Gasteiger partial charge in [-0.05, 0) is 18.2 Å². The van der Waals surface area contributed by atoms with Crippen LogP contribution >= 0.6 is 0 Å². The highest BCUT2D eigenvalue weighted by molar-refractivity contribution is 5.86. The molecule has 0 aliphatic rings. The fourth-order valence-electron chi connectivity index (χ4n) is 1.40. The zero-order valence-corrected chi connectivity index (χ0v) is 8.51. The Morgan fingerprint density at radius 2 is 2.31 bits per heavy atom. The summed E-state index contributed by atoms with van der Waals surface area (Å²) in [5, 5.41) is 11.6. The van der Waals surface area contributed by atoms with E-state index in [1.165, 1.54) is 13.4 Å². The SMILES string of the molecule is COc1ccc2occ(C=NO)c(=O)c2c1. The summed E-state index contributed by atoms with van der Waals surface area (Å²) in [6, 6.07) is 4.93. The Balaban J connectivity index is 2.76. The Morgan fingerprint density at radius 3 is 3.00 bits per heavy atom. The van der Waals surface area contributed by atoms with Gasteiger partial charge >= 0.3 is 0 Å². The van der Waals surface area contributed by atoms with Crippen molar-refractivity contribution in [1.82, 2.24) is 0 Å². The number of benzene rings is 1. The van der Waals surface area contributed by atoms with Gasteiger partial charge in [0.2, 0.25) is 5.43 Å². The minimum absolute atomic E-state index is 0.184. The second-order valence-electron chi connectivity index (χ2n) is 3.13. The first kappa shape index (κ1) is 10.2. The predicted molar refractivity (Wildman–Crippen MR) is 58.4 cm³/mol. The van der Waals surface area contributed by atoms with Crippen LogP contribution in [0, 0.1) is 0 Å². The molecular weight excluding hydrogens is 210 g/mol. The van der Waals surface area contributed by atoms with Crippen LogP contribution < -0.4 is 10.2 Å². The summed E-state index contributed by atoms with van der Waals surface area (Å²) in [5.74, 6) is 0.567. The molecule has 2 rings (SSSR count). The molecule has 0 saturated heterocycles. The van der Waals surface area contributed by atoms with Crippen LogP contribution in [0.1, 0.15) is 5.56 Å². The number of ether oxygens (including phenoxy) is 1. The van der Waals surface area contributed by atoms with Crippen LogP contribution in [-0.2, 0) is 0 Å². The van der Waals surface area contributed by atoms with E-state index < -0.39 is 0 Å².